The van der Waals surface area contributed by atoms with Crippen molar-refractivity contribution in [2.24, 2.45) is 0 Å². The number of imidazole rings is 1. The van der Waals surface area contributed by atoms with Crippen LogP contribution in [0, 0.1) is 0 Å². The standard InChI is InChI=1S/C33H27N9O7/c34-25-26(28(45)27(25)44)41-8-7-16-2-1-15(9-19(16)13-41)12-35-31(47)23-11-22(37-32-38-24(43)14-42(23)32)30(46)36-21-6-4-17-10-18(3-5-20(17)21)29-39-33(48)49-40-29/h1-3,5,9-11,14,21,43H,4,6-8,12-13,34H2,(H,35,47)(H,36,46)(H,39,40,48)/t21-/m0/s1. The largest absolute Gasteiger partial charge is 0.492 e. The Morgan fingerprint density at radius 2 is 1.86 bits per heavy atom. The summed E-state index contributed by atoms with van der Waals surface area (Å²) in [6.07, 6.45) is 3.21. The fourth-order valence-corrected chi connectivity index (χ4v) is 6.64. The van der Waals surface area contributed by atoms with Gasteiger partial charge in [0.15, 0.2) is 5.82 Å². The number of H-pyrrole nitrogens is 1. The van der Waals surface area contributed by atoms with E-state index in [-0.39, 0.29) is 47.0 Å². The number of rotatable bonds is 7. The Bertz CT molecular complexity index is 2470. The SMILES string of the molecule is Nc1c(N2CCc3ccc(CNC(=O)c4cc(C(=O)N[C@H]5CCc6cc(-c7noc(=O)[nH]7)ccc65)nc5nc(O)cn45)cc3C2)c(=O)c1=O. The molecule has 8 rings (SSSR count). The molecule has 1 atom stereocenters. The molecule has 246 valence electrons. The third-order valence-corrected chi connectivity index (χ3v) is 9.11. The van der Waals surface area contributed by atoms with Gasteiger partial charge in [0, 0.05) is 25.2 Å². The molecule has 16 heteroatoms. The first kappa shape index (κ1) is 29.8. The number of aromatic hydroxyl groups is 1. The molecule has 0 unspecified atom stereocenters. The molecule has 6 N–H and O–H groups in total. The highest BCUT2D eigenvalue weighted by Gasteiger charge is 2.28. The van der Waals surface area contributed by atoms with Crippen LogP contribution < -0.4 is 37.9 Å². The Morgan fingerprint density at radius 3 is 2.65 bits per heavy atom. The van der Waals surface area contributed by atoms with Gasteiger partial charge in [0.1, 0.15) is 22.8 Å². The summed E-state index contributed by atoms with van der Waals surface area (Å²) in [5.41, 5.74) is 10.2. The van der Waals surface area contributed by atoms with Crippen LogP contribution in [0.5, 0.6) is 5.88 Å². The van der Waals surface area contributed by atoms with Crippen LogP contribution in [0.3, 0.4) is 0 Å². The van der Waals surface area contributed by atoms with Crippen molar-refractivity contribution in [2.45, 2.75) is 38.4 Å². The molecule has 6 aromatic rings. The molecule has 2 amide bonds. The van der Waals surface area contributed by atoms with Gasteiger partial charge in [-0.1, -0.05) is 35.5 Å². The first-order valence-electron chi connectivity index (χ1n) is 15.4. The molecule has 2 aliphatic rings. The fourth-order valence-electron chi connectivity index (χ4n) is 6.64. The molecule has 0 saturated heterocycles. The zero-order valence-corrected chi connectivity index (χ0v) is 25.6. The smallest absolute Gasteiger partial charge is 0.439 e. The van der Waals surface area contributed by atoms with Crippen LogP contribution in [0.2, 0.25) is 0 Å². The van der Waals surface area contributed by atoms with Gasteiger partial charge in [0.25, 0.3) is 22.7 Å². The summed E-state index contributed by atoms with van der Waals surface area (Å²) in [5.74, 6) is -1.78. The lowest BCUT2D eigenvalue weighted by Gasteiger charge is -2.32. The van der Waals surface area contributed by atoms with Crippen LogP contribution in [0.25, 0.3) is 17.2 Å². The van der Waals surface area contributed by atoms with Gasteiger partial charge in [-0.15, -0.1) is 0 Å². The highest BCUT2D eigenvalue weighted by Crippen LogP contribution is 2.34. The number of nitrogen functional groups attached to an aromatic ring is 1. The third-order valence-electron chi connectivity index (χ3n) is 9.11. The lowest BCUT2D eigenvalue weighted by molar-refractivity contribution is 0.0931. The normalized spacial score (nSPS) is 15.3. The van der Waals surface area contributed by atoms with Crippen molar-refractivity contribution in [3.8, 4) is 17.3 Å². The molecule has 1 aliphatic heterocycles. The number of nitrogens with two attached hydrogens (primary N) is 1. The van der Waals surface area contributed by atoms with E-state index in [1.54, 1.807) is 11.0 Å². The number of amides is 2. The highest BCUT2D eigenvalue weighted by atomic mass is 16.5. The highest BCUT2D eigenvalue weighted by molar-refractivity contribution is 5.98. The zero-order valence-electron chi connectivity index (χ0n) is 25.6. The Hall–Kier alpha value is -6.58. The summed E-state index contributed by atoms with van der Waals surface area (Å²) in [6, 6.07) is 12.3. The van der Waals surface area contributed by atoms with Gasteiger partial charge in [-0.25, -0.2) is 9.78 Å². The quantitative estimate of drug-likeness (QED) is 0.150. The second-order valence-corrected chi connectivity index (χ2v) is 12.1. The first-order valence-corrected chi connectivity index (χ1v) is 15.4. The van der Waals surface area contributed by atoms with Crippen molar-refractivity contribution in [2.75, 3.05) is 17.2 Å². The Balaban J connectivity index is 0.988. The monoisotopic (exact) mass is 661 g/mol. The van der Waals surface area contributed by atoms with E-state index in [9.17, 15) is 29.1 Å². The zero-order chi connectivity index (χ0) is 34.0. The van der Waals surface area contributed by atoms with Gasteiger partial charge in [-0.05, 0) is 59.2 Å². The second kappa shape index (κ2) is 11.3. The van der Waals surface area contributed by atoms with E-state index in [4.69, 9.17) is 5.73 Å². The van der Waals surface area contributed by atoms with Crippen LogP contribution in [-0.4, -0.2) is 48.0 Å². The maximum absolute atomic E-state index is 13.5. The number of aromatic amines is 1. The van der Waals surface area contributed by atoms with Gasteiger partial charge in [0.2, 0.25) is 11.7 Å². The van der Waals surface area contributed by atoms with Crippen molar-refractivity contribution in [1.82, 2.24) is 35.1 Å². The number of aryl methyl sites for hydroxylation is 1. The van der Waals surface area contributed by atoms with Crippen LogP contribution in [0.4, 0.5) is 11.4 Å². The van der Waals surface area contributed by atoms with E-state index in [2.05, 4.69) is 35.3 Å². The van der Waals surface area contributed by atoms with Crippen molar-refractivity contribution >= 4 is 29.0 Å². The summed E-state index contributed by atoms with van der Waals surface area (Å²) in [4.78, 5) is 74.7. The van der Waals surface area contributed by atoms with Crippen molar-refractivity contribution in [1.29, 1.82) is 0 Å². The average molecular weight is 662 g/mol. The molecule has 16 nitrogen and oxygen atoms in total. The molecule has 3 aromatic heterocycles. The molecule has 3 aromatic carbocycles. The minimum atomic E-state index is -0.656. The summed E-state index contributed by atoms with van der Waals surface area (Å²) >= 11 is 0. The number of fused-ring (bicyclic) bond motifs is 3. The Morgan fingerprint density at radius 1 is 1.00 bits per heavy atom. The van der Waals surface area contributed by atoms with Gasteiger partial charge in [-0.2, -0.15) is 4.98 Å². The summed E-state index contributed by atoms with van der Waals surface area (Å²) in [5, 5.41) is 19.7. The van der Waals surface area contributed by atoms with Gasteiger partial charge in [-0.3, -0.25) is 33.1 Å². The van der Waals surface area contributed by atoms with Gasteiger partial charge >= 0.3 is 5.76 Å². The van der Waals surface area contributed by atoms with E-state index in [0.717, 1.165) is 27.8 Å². The summed E-state index contributed by atoms with van der Waals surface area (Å²) in [6.45, 7) is 1.10. The first-order chi connectivity index (χ1) is 23.6. The number of carbonyl (C=O) groups is 2. The van der Waals surface area contributed by atoms with Crippen molar-refractivity contribution in [3.05, 3.63) is 119 Å². The van der Waals surface area contributed by atoms with E-state index in [0.29, 0.717) is 43.7 Å². The molecule has 0 saturated carbocycles. The number of carbonyl (C=O) groups excluding carboxylic acids is 2. The maximum Gasteiger partial charge on any atom is 0.439 e. The number of benzene rings is 2. The number of anilines is 2. The predicted octanol–water partition coefficient (Wildman–Crippen LogP) is 0.866. The molecule has 0 bridgehead atoms. The van der Waals surface area contributed by atoms with E-state index < -0.39 is 28.4 Å². The minimum Gasteiger partial charge on any atom is -0.492 e. The average Bonchev–Trinajstić information content (AvgIpc) is 3.83. The molecule has 49 heavy (non-hydrogen) atoms. The van der Waals surface area contributed by atoms with Crippen LogP contribution in [0.15, 0.2) is 67.6 Å². The lowest BCUT2D eigenvalue weighted by atomic mass is 9.96. The molecule has 4 heterocycles. The Kier molecular flexibility index (Phi) is 6.87. The lowest BCUT2D eigenvalue weighted by Crippen LogP contribution is -2.44. The third kappa shape index (κ3) is 5.18. The van der Waals surface area contributed by atoms with Crippen LogP contribution >= 0.6 is 0 Å². The second-order valence-electron chi connectivity index (χ2n) is 12.1. The van der Waals surface area contributed by atoms with Crippen LogP contribution in [0.1, 0.15) is 61.3 Å². The molecule has 1 aliphatic carbocycles. The Labute approximate surface area is 274 Å². The topological polar surface area (TPSA) is 231 Å². The molecule has 0 radical (unpaired) electrons. The van der Waals surface area contributed by atoms with E-state index in [1.165, 1.54) is 16.7 Å². The van der Waals surface area contributed by atoms with Crippen molar-refractivity contribution < 1.29 is 19.2 Å². The number of aromatic nitrogens is 5. The van der Waals surface area contributed by atoms with Gasteiger partial charge in [0.05, 0.1) is 12.2 Å². The van der Waals surface area contributed by atoms with Crippen LogP contribution in [-0.2, 0) is 25.9 Å². The number of hydrogen-bond donors (Lipinski definition) is 5. The maximum atomic E-state index is 13.5. The number of nitrogens with one attached hydrogen (secondary N) is 3. The number of nitrogens with zero attached hydrogens (tertiary/aromatic N) is 5. The predicted molar refractivity (Wildman–Crippen MR) is 174 cm³/mol. The molecule has 0 spiro atoms. The summed E-state index contributed by atoms with van der Waals surface area (Å²) < 4.78 is 5.91. The van der Waals surface area contributed by atoms with E-state index >= 15 is 0 Å². The minimum absolute atomic E-state index is 0.00972. The molecular formula is C33H27N9O7. The molecular weight excluding hydrogens is 634 g/mol. The molecule has 0 fully saturated rings. The summed E-state index contributed by atoms with van der Waals surface area (Å²) in [7, 11) is 0. The van der Waals surface area contributed by atoms with Gasteiger partial charge < -0.3 is 26.4 Å². The fraction of sp³-hybridized carbons (Fsp3) is 0.212. The van der Waals surface area contributed by atoms with Crippen molar-refractivity contribution in [3.63, 3.8) is 0 Å². The number of hydrogen-bond acceptors (Lipinski definition) is 12. The van der Waals surface area contributed by atoms with E-state index in [1.807, 2.05) is 30.3 Å².